The molecular formula is C22H29N3O2. The average molecular weight is 367 g/mol. The maximum atomic E-state index is 12.5. The molecule has 144 valence electrons. The Hall–Kier alpha value is -2.53. The minimum absolute atomic E-state index is 0.0338. The summed E-state index contributed by atoms with van der Waals surface area (Å²) >= 11 is 0. The van der Waals surface area contributed by atoms with Crippen LogP contribution in [0.15, 0.2) is 54.6 Å². The molecule has 0 unspecified atom stereocenters. The highest BCUT2D eigenvalue weighted by atomic mass is 16.5. The lowest BCUT2D eigenvalue weighted by Crippen LogP contribution is -2.42. The number of para-hydroxylation sites is 1. The van der Waals surface area contributed by atoms with Gasteiger partial charge in [0.15, 0.2) is 0 Å². The van der Waals surface area contributed by atoms with Crippen molar-refractivity contribution in [3.63, 3.8) is 0 Å². The molecule has 0 aliphatic carbocycles. The second-order valence-electron chi connectivity index (χ2n) is 6.90. The standard InChI is InChI=1S/C22H29N3O2/c1-27-21-11-6-5-10-20(21)12-13-23-22(26)25-15-7-14-24(16-17-25)18-19-8-3-2-4-9-19/h2-6,8-11H,7,12-18H2,1H3,(H,23,26). The van der Waals surface area contributed by atoms with Gasteiger partial charge in [0.2, 0.25) is 0 Å². The molecule has 0 atom stereocenters. The molecule has 1 aliphatic rings. The van der Waals surface area contributed by atoms with Crippen LogP contribution in [0.25, 0.3) is 0 Å². The Morgan fingerprint density at radius 3 is 2.59 bits per heavy atom. The van der Waals surface area contributed by atoms with Gasteiger partial charge in [-0.15, -0.1) is 0 Å². The van der Waals surface area contributed by atoms with Crippen molar-refractivity contribution in [2.45, 2.75) is 19.4 Å². The van der Waals surface area contributed by atoms with Crippen LogP contribution in [0.5, 0.6) is 5.75 Å². The van der Waals surface area contributed by atoms with Crippen LogP contribution in [0.1, 0.15) is 17.5 Å². The molecule has 1 saturated heterocycles. The molecule has 1 N–H and O–H groups in total. The smallest absolute Gasteiger partial charge is 0.317 e. The summed E-state index contributed by atoms with van der Waals surface area (Å²) in [4.78, 5) is 16.9. The molecule has 5 heteroatoms. The van der Waals surface area contributed by atoms with Crippen molar-refractivity contribution in [2.75, 3.05) is 39.8 Å². The SMILES string of the molecule is COc1ccccc1CCNC(=O)N1CCCN(Cc2ccccc2)CC1. The third-order valence-corrected chi connectivity index (χ3v) is 4.99. The molecule has 1 fully saturated rings. The van der Waals surface area contributed by atoms with E-state index in [1.807, 2.05) is 35.2 Å². The largest absolute Gasteiger partial charge is 0.496 e. The summed E-state index contributed by atoms with van der Waals surface area (Å²) in [5.74, 6) is 0.873. The molecule has 27 heavy (non-hydrogen) atoms. The Kier molecular flexibility index (Phi) is 7.11. The van der Waals surface area contributed by atoms with E-state index in [1.165, 1.54) is 5.56 Å². The van der Waals surface area contributed by atoms with Gasteiger partial charge in [0.25, 0.3) is 0 Å². The maximum Gasteiger partial charge on any atom is 0.317 e. The van der Waals surface area contributed by atoms with Gasteiger partial charge in [-0.2, -0.15) is 0 Å². The van der Waals surface area contributed by atoms with E-state index in [1.54, 1.807) is 7.11 Å². The number of methoxy groups -OCH3 is 1. The van der Waals surface area contributed by atoms with E-state index >= 15 is 0 Å². The van der Waals surface area contributed by atoms with Gasteiger partial charge in [-0.1, -0.05) is 48.5 Å². The molecule has 0 saturated carbocycles. The highest BCUT2D eigenvalue weighted by Crippen LogP contribution is 2.17. The third kappa shape index (κ3) is 5.73. The molecule has 0 aromatic heterocycles. The number of ether oxygens (including phenoxy) is 1. The van der Waals surface area contributed by atoms with E-state index in [0.29, 0.717) is 6.54 Å². The number of urea groups is 1. The highest BCUT2D eigenvalue weighted by molar-refractivity contribution is 5.74. The number of hydrogen-bond acceptors (Lipinski definition) is 3. The number of amides is 2. The fourth-order valence-corrected chi connectivity index (χ4v) is 3.50. The van der Waals surface area contributed by atoms with Gasteiger partial charge in [0.1, 0.15) is 5.75 Å². The van der Waals surface area contributed by atoms with E-state index in [2.05, 4.69) is 34.5 Å². The summed E-state index contributed by atoms with van der Waals surface area (Å²) < 4.78 is 5.37. The average Bonchev–Trinajstić information content (AvgIpc) is 2.95. The number of hydrogen-bond donors (Lipinski definition) is 1. The number of benzene rings is 2. The van der Waals surface area contributed by atoms with Crippen molar-refractivity contribution >= 4 is 6.03 Å². The van der Waals surface area contributed by atoms with Crippen molar-refractivity contribution in [3.05, 3.63) is 65.7 Å². The first kappa shape index (κ1) is 19.2. The Balaban J connectivity index is 1.44. The zero-order chi connectivity index (χ0) is 18.9. The Bertz CT molecular complexity index is 721. The van der Waals surface area contributed by atoms with E-state index in [-0.39, 0.29) is 6.03 Å². The van der Waals surface area contributed by atoms with Crippen LogP contribution in [0.4, 0.5) is 4.79 Å². The minimum Gasteiger partial charge on any atom is -0.496 e. The first-order valence-electron chi connectivity index (χ1n) is 9.67. The summed E-state index contributed by atoms with van der Waals surface area (Å²) in [5.41, 5.74) is 2.44. The molecule has 5 nitrogen and oxygen atoms in total. The van der Waals surface area contributed by atoms with Gasteiger partial charge in [-0.3, -0.25) is 4.90 Å². The molecule has 2 aromatic carbocycles. The summed E-state index contributed by atoms with van der Waals surface area (Å²) in [5, 5.41) is 3.06. The molecule has 0 spiro atoms. The normalized spacial score (nSPS) is 15.2. The quantitative estimate of drug-likeness (QED) is 0.853. The number of carbonyl (C=O) groups is 1. The first-order valence-corrected chi connectivity index (χ1v) is 9.67. The predicted octanol–water partition coefficient (Wildman–Crippen LogP) is 3.16. The lowest BCUT2D eigenvalue weighted by Gasteiger charge is -2.22. The topological polar surface area (TPSA) is 44.8 Å². The predicted molar refractivity (Wildman–Crippen MR) is 108 cm³/mol. The van der Waals surface area contributed by atoms with Crippen molar-refractivity contribution in [3.8, 4) is 5.75 Å². The van der Waals surface area contributed by atoms with Crippen LogP contribution in [-0.4, -0.2) is 55.7 Å². The van der Waals surface area contributed by atoms with Gasteiger partial charge in [-0.25, -0.2) is 4.79 Å². The van der Waals surface area contributed by atoms with Gasteiger partial charge < -0.3 is 15.0 Å². The second kappa shape index (κ2) is 9.97. The van der Waals surface area contributed by atoms with Crippen LogP contribution < -0.4 is 10.1 Å². The number of rotatable bonds is 6. The third-order valence-electron chi connectivity index (χ3n) is 4.99. The summed E-state index contributed by atoms with van der Waals surface area (Å²) in [6, 6.07) is 18.5. The summed E-state index contributed by atoms with van der Waals surface area (Å²) in [6.45, 7) is 5.08. The molecule has 3 rings (SSSR count). The lowest BCUT2D eigenvalue weighted by molar-refractivity contribution is 0.198. The molecule has 0 bridgehead atoms. The van der Waals surface area contributed by atoms with Gasteiger partial charge in [-0.05, 0) is 30.0 Å². The molecule has 2 amide bonds. The van der Waals surface area contributed by atoms with Crippen LogP contribution in [-0.2, 0) is 13.0 Å². The molecule has 0 radical (unpaired) electrons. The highest BCUT2D eigenvalue weighted by Gasteiger charge is 2.19. The van der Waals surface area contributed by atoms with Crippen molar-refractivity contribution in [1.82, 2.24) is 15.1 Å². The fourth-order valence-electron chi connectivity index (χ4n) is 3.50. The molecule has 2 aromatic rings. The van der Waals surface area contributed by atoms with Gasteiger partial charge in [0, 0.05) is 39.3 Å². The number of nitrogens with zero attached hydrogens (tertiary/aromatic N) is 2. The molecule has 1 heterocycles. The monoisotopic (exact) mass is 367 g/mol. The molecular weight excluding hydrogens is 338 g/mol. The van der Waals surface area contributed by atoms with Crippen molar-refractivity contribution in [1.29, 1.82) is 0 Å². The van der Waals surface area contributed by atoms with Crippen LogP contribution in [0.3, 0.4) is 0 Å². The zero-order valence-corrected chi connectivity index (χ0v) is 16.1. The summed E-state index contributed by atoms with van der Waals surface area (Å²) in [6.07, 6.45) is 1.77. The van der Waals surface area contributed by atoms with Crippen molar-refractivity contribution in [2.24, 2.45) is 0 Å². The van der Waals surface area contributed by atoms with Crippen LogP contribution >= 0.6 is 0 Å². The van der Waals surface area contributed by atoms with E-state index in [9.17, 15) is 4.79 Å². The number of carbonyl (C=O) groups excluding carboxylic acids is 1. The number of nitrogens with one attached hydrogen (secondary N) is 1. The second-order valence-corrected chi connectivity index (χ2v) is 6.90. The van der Waals surface area contributed by atoms with Crippen LogP contribution in [0.2, 0.25) is 0 Å². The maximum absolute atomic E-state index is 12.5. The Labute approximate surface area is 161 Å². The Morgan fingerprint density at radius 1 is 1.00 bits per heavy atom. The fraction of sp³-hybridized carbons (Fsp3) is 0.409. The van der Waals surface area contributed by atoms with Gasteiger partial charge >= 0.3 is 6.03 Å². The summed E-state index contributed by atoms with van der Waals surface area (Å²) in [7, 11) is 1.68. The Morgan fingerprint density at radius 2 is 1.78 bits per heavy atom. The van der Waals surface area contributed by atoms with E-state index < -0.39 is 0 Å². The minimum atomic E-state index is 0.0338. The zero-order valence-electron chi connectivity index (χ0n) is 16.1. The van der Waals surface area contributed by atoms with E-state index in [4.69, 9.17) is 4.74 Å². The van der Waals surface area contributed by atoms with Crippen molar-refractivity contribution < 1.29 is 9.53 Å². The van der Waals surface area contributed by atoms with E-state index in [0.717, 1.165) is 56.9 Å². The van der Waals surface area contributed by atoms with Gasteiger partial charge in [0.05, 0.1) is 7.11 Å². The first-order chi connectivity index (χ1) is 13.3. The van der Waals surface area contributed by atoms with Crippen LogP contribution in [0, 0.1) is 0 Å². The lowest BCUT2D eigenvalue weighted by atomic mass is 10.1. The molecule has 1 aliphatic heterocycles.